The Morgan fingerprint density at radius 3 is 2.67 bits per heavy atom. The molecule has 0 atom stereocenters. The second-order valence-corrected chi connectivity index (χ2v) is 3.04. The molecule has 0 aromatic carbocycles. The van der Waals surface area contributed by atoms with E-state index in [1.165, 1.54) is 16.2 Å². The number of anilines is 1. The number of thiazole rings is 1. The van der Waals surface area contributed by atoms with Crippen molar-refractivity contribution in [1.82, 2.24) is 4.98 Å². The minimum Gasteiger partial charge on any atom is -0.375 e. The maximum Gasteiger partial charge on any atom is 0.180 e. The fraction of sp³-hybridized carbons (Fsp3) is 0.333. The normalized spacial score (nSPS) is 10.0. The molecule has 0 aliphatic heterocycles. The first kappa shape index (κ1) is 6.55. The quantitative estimate of drug-likeness (QED) is 0.642. The van der Waals surface area contributed by atoms with E-state index in [9.17, 15) is 0 Å². The van der Waals surface area contributed by atoms with E-state index in [0.29, 0.717) is 5.13 Å². The van der Waals surface area contributed by atoms with Crippen LogP contribution in [0.4, 0.5) is 5.13 Å². The molecule has 2 N–H and O–H groups in total. The summed E-state index contributed by atoms with van der Waals surface area (Å²) in [4.78, 5) is 5.25. The largest absolute Gasteiger partial charge is 0.375 e. The zero-order valence-electron chi connectivity index (χ0n) is 5.35. The minimum atomic E-state index is 0.645. The molecular weight excluding hydrogens is 132 g/mol. The summed E-state index contributed by atoms with van der Waals surface area (Å²) in [6.45, 7) is 5.73. The van der Waals surface area contributed by atoms with Gasteiger partial charge in [-0.05, 0) is 20.3 Å². The molecule has 0 spiro atoms. The molecule has 0 aliphatic rings. The summed E-state index contributed by atoms with van der Waals surface area (Å²) in [6.07, 6.45) is 0.736. The van der Waals surface area contributed by atoms with Gasteiger partial charge in [0.1, 0.15) is 0 Å². The van der Waals surface area contributed by atoms with Gasteiger partial charge < -0.3 is 5.73 Å². The zero-order valence-corrected chi connectivity index (χ0v) is 6.16. The van der Waals surface area contributed by atoms with Gasteiger partial charge in [0.05, 0.1) is 5.69 Å². The molecule has 1 heterocycles. The van der Waals surface area contributed by atoms with Crippen LogP contribution in [0.5, 0.6) is 0 Å². The molecule has 3 heteroatoms. The van der Waals surface area contributed by atoms with Gasteiger partial charge in [-0.25, -0.2) is 4.98 Å². The molecule has 0 saturated carbocycles. The molecule has 0 bridgehead atoms. The fourth-order valence-electron chi connectivity index (χ4n) is 0.682. The van der Waals surface area contributed by atoms with Gasteiger partial charge in [-0.1, -0.05) is 0 Å². The monoisotopic (exact) mass is 141 g/mol. The third-order valence-electron chi connectivity index (χ3n) is 1.15. The van der Waals surface area contributed by atoms with Crippen LogP contribution in [0, 0.1) is 13.8 Å². The van der Waals surface area contributed by atoms with Gasteiger partial charge in [0.15, 0.2) is 5.13 Å². The Labute approximate surface area is 58.7 Å². The average molecular weight is 141 g/mol. The van der Waals surface area contributed by atoms with Gasteiger partial charge in [-0.3, -0.25) is 0 Å². The van der Waals surface area contributed by atoms with Crippen LogP contribution >= 0.6 is 11.3 Å². The highest BCUT2D eigenvalue weighted by Crippen LogP contribution is 2.18. The van der Waals surface area contributed by atoms with Crippen molar-refractivity contribution >= 4 is 16.5 Å². The summed E-state index contributed by atoms with van der Waals surface area (Å²) < 4.78 is 0. The lowest BCUT2D eigenvalue weighted by Crippen LogP contribution is -1.85. The number of nitrogens with two attached hydrogens (primary N) is 1. The minimum absolute atomic E-state index is 0.645. The maximum atomic E-state index is 5.43. The molecule has 1 radical (unpaired) electrons. The molecule has 0 unspecified atom stereocenters. The summed E-state index contributed by atoms with van der Waals surface area (Å²) >= 11 is 1.52. The number of rotatable bonds is 1. The highest BCUT2D eigenvalue weighted by molar-refractivity contribution is 7.15. The van der Waals surface area contributed by atoms with Crippen LogP contribution in [-0.2, 0) is 6.42 Å². The van der Waals surface area contributed by atoms with E-state index < -0.39 is 0 Å². The van der Waals surface area contributed by atoms with Gasteiger partial charge in [0.25, 0.3) is 0 Å². The van der Waals surface area contributed by atoms with Crippen molar-refractivity contribution in [2.45, 2.75) is 13.3 Å². The van der Waals surface area contributed by atoms with Gasteiger partial charge in [-0.2, -0.15) is 0 Å². The number of hydrogen-bond donors (Lipinski definition) is 1. The van der Waals surface area contributed by atoms with Crippen LogP contribution in [0.2, 0.25) is 0 Å². The predicted octanol–water partition coefficient (Wildman–Crippen LogP) is 1.41. The fourth-order valence-corrected chi connectivity index (χ4v) is 1.42. The van der Waals surface area contributed by atoms with Crippen molar-refractivity contribution in [2.75, 3.05) is 5.73 Å². The van der Waals surface area contributed by atoms with Gasteiger partial charge >= 0.3 is 0 Å². The average Bonchev–Trinajstić information content (AvgIpc) is 2.10. The van der Waals surface area contributed by atoms with E-state index in [4.69, 9.17) is 5.73 Å². The number of hydrogen-bond acceptors (Lipinski definition) is 3. The van der Waals surface area contributed by atoms with Crippen molar-refractivity contribution in [3.05, 3.63) is 17.5 Å². The van der Waals surface area contributed by atoms with Crippen molar-refractivity contribution in [1.29, 1.82) is 0 Å². The Hall–Kier alpha value is -0.570. The molecule has 0 saturated heterocycles. The van der Waals surface area contributed by atoms with Crippen molar-refractivity contribution in [3.63, 3.8) is 0 Å². The Bertz CT molecular complexity index is 205. The van der Waals surface area contributed by atoms with Gasteiger partial charge in [0.2, 0.25) is 0 Å². The summed E-state index contributed by atoms with van der Waals surface area (Å²) in [5.41, 5.74) is 6.46. The molecule has 1 aromatic rings. The SMILES string of the molecule is [CH2]Cc1nc(N)sc1C. The van der Waals surface area contributed by atoms with E-state index in [-0.39, 0.29) is 0 Å². The van der Waals surface area contributed by atoms with E-state index >= 15 is 0 Å². The maximum absolute atomic E-state index is 5.43. The van der Waals surface area contributed by atoms with E-state index in [2.05, 4.69) is 11.9 Å². The first-order valence-electron chi connectivity index (χ1n) is 2.75. The predicted molar refractivity (Wildman–Crippen MR) is 40.3 cm³/mol. The number of aromatic nitrogens is 1. The van der Waals surface area contributed by atoms with Crippen LogP contribution in [0.25, 0.3) is 0 Å². The Morgan fingerprint density at radius 2 is 2.44 bits per heavy atom. The van der Waals surface area contributed by atoms with Gasteiger partial charge in [0, 0.05) is 4.88 Å². The van der Waals surface area contributed by atoms with Crippen LogP contribution in [0.3, 0.4) is 0 Å². The standard InChI is InChI=1S/C6H9N2S/c1-3-5-4(2)9-6(7)8-5/h1,3H2,2H3,(H2,7,8). The van der Waals surface area contributed by atoms with Gasteiger partial charge in [-0.15, -0.1) is 11.3 Å². The van der Waals surface area contributed by atoms with E-state index in [1.807, 2.05) is 6.92 Å². The lowest BCUT2D eigenvalue weighted by Gasteiger charge is -1.85. The van der Waals surface area contributed by atoms with Crippen LogP contribution in [-0.4, -0.2) is 4.98 Å². The summed E-state index contributed by atoms with van der Waals surface area (Å²) in [7, 11) is 0. The molecule has 0 amide bonds. The van der Waals surface area contributed by atoms with Crippen LogP contribution in [0.15, 0.2) is 0 Å². The first-order valence-corrected chi connectivity index (χ1v) is 3.56. The second-order valence-electron chi connectivity index (χ2n) is 1.80. The third kappa shape index (κ3) is 1.21. The molecular formula is C6H9N2S. The lowest BCUT2D eigenvalue weighted by molar-refractivity contribution is 1.13. The van der Waals surface area contributed by atoms with E-state index in [1.54, 1.807) is 0 Å². The molecule has 2 nitrogen and oxygen atoms in total. The Balaban J connectivity index is 3.01. The van der Waals surface area contributed by atoms with Crippen LogP contribution < -0.4 is 5.73 Å². The molecule has 0 fully saturated rings. The Kier molecular flexibility index (Phi) is 1.71. The van der Waals surface area contributed by atoms with Crippen LogP contribution in [0.1, 0.15) is 10.6 Å². The third-order valence-corrected chi connectivity index (χ3v) is 1.99. The topological polar surface area (TPSA) is 38.9 Å². The van der Waals surface area contributed by atoms with Crippen molar-refractivity contribution in [3.8, 4) is 0 Å². The summed E-state index contributed by atoms with van der Waals surface area (Å²) in [6, 6.07) is 0. The molecule has 0 aliphatic carbocycles. The van der Waals surface area contributed by atoms with Crippen molar-refractivity contribution < 1.29 is 0 Å². The molecule has 1 aromatic heterocycles. The number of nitrogens with zero attached hydrogens (tertiary/aromatic N) is 1. The summed E-state index contributed by atoms with van der Waals surface area (Å²) in [5, 5.41) is 0.645. The number of aryl methyl sites for hydroxylation is 1. The first-order chi connectivity index (χ1) is 4.24. The zero-order chi connectivity index (χ0) is 6.85. The molecule has 9 heavy (non-hydrogen) atoms. The van der Waals surface area contributed by atoms with Crippen molar-refractivity contribution in [2.24, 2.45) is 0 Å². The summed E-state index contributed by atoms with van der Waals surface area (Å²) in [5.74, 6) is 0. The molecule has 1 rings (SSSR count). The Morgan fingerprint density at radius 1 is 1.78 bits per heavy atom. The smallest absolute Gasteiger partial charge is 0.180 e. The second kappa shape index (κ2) is 2.35. The highest BCUT2D eigenvalue weighted by atomic mass is 32.1. The highest BCUT2D eigenvalue weighted by Gasteiger charge is 2.00. The lowest BCUT2D eigenvalue weighted by atomic mass is 10.3. The molecule has 49 valence electrons. The number of nitrogen functional groups attached to an aromatic ring is 1. The van der Waals surface area contributed by atoms with E-state index in [0.717, 1.165) is 12.1 Å².